The van der Waals surface area contributed by atoms with E-state index in [-0.39, 0.29) is 25.3 Å². The third kappa shape index (κ3) is 6.13. The van der Waals surface area contributed by atoms with Crippen molar-refractivity contribution >= 4 is 33.4 Å². The summed E-state index contributed by atoms with van der Waals surface area (Å²) in [6, 6.07) is 17.9. The second-order valence-electron chi connectivity index (χ2n) is 11.2. The highest BCUT2D eigenvalue weighted by atomic mass is 32.2. The number of nitrogens with zero attached hydrogens (tertiary/aromatic N) is 3. The van der Waals surface area contributed by atoms with Gasteiger partial charge >= 0.3 is 10.2 Å². The van der Waals surface area contributed by atoms with Gasteiger partial charge in [-0.05, 0) is 18.2 Å². The van der Waals surface area contributed by atoms with Crippen molar-refractivity contribution in [2.75, 3.05) is 55.7 Å². The van der Waals surface area contributed by atoms with E-state index in [9.17, 15) is 18.0 Å². The number of anilines is 2. The van der Waals surface area contributed by atoms with E-state index >= 15 is 0 Å². The summed E-state index contributed by atoms with van der Waals surface area (Å²) in [6.07, 6.45) is 7.11. The summed E-state index contributed by atoms with van der Waals surface area (Å²) in [6.45, 7) is 16.9. The second kappa shape index (κ2) is 14.3. The first-order valence-electron chi connectivity index (χ1n) is 15.3. The Hall–Kier alpha value is -5.17. The first kappa shape index (κ1) is 34.2. The van der Waals surface area contributed by atoms with E-state index in [4.69, 9.17) is 15.2 Å². The summed E-state index contributed by atoms with van der Waals surface area (Å²) in [4.78, 5) is 29.5. The molecule has 0 aromatic heterocycles. The summed E-state index contributed by atoms with van der Waals surface area (Å²) in [5.74, 6) is -0.633. The molecule has 11 nitrogen and oxygen atoms in total. The molecule has 2 amide bonds. The Morgan fingerprint density at radius 1 is 0.854 bits per heavy atom. The maximum absolute atomic E-state index is 14.3. The van der Waals surface area contributed by atoms with Gasteiger partial charge in [-0.15, -0.1) is 26.3 Å². The SMILES string of the molecule is C=CCN(CC=C)c1ccc2c(c1)Oc1cc(N(CC=C)CC=C)ccc1C21c2ccccc2C(=O)N1S(=O)(=O)NCCOCC(N)=O. The number of carbonyl (C=O) groups is 2. The minimum atomic E-state index is -4.55. The quantitative estimate of drug-likeness (QED) is 0.161. The molecule has 5 rings (SSSR count). The van der Waals surface area contributed by atoms with E-state index in [1.165, 1.54) is 0 Å². The molecular weight excluding hydrogens is 630 g/mol. The molecule has 1 spiro atoms. The Labute approximate surface area is 281 Å². The van der Waals surface area contributed by atoms with Crippen molar-refractivity contribution in [1.82, 2.24) is 9.03 Å². The number of amides is 2. The predicted octanol–water partition coefficient (Wildman–Crippen LogP) is 4.23. The Bertz CT molecular complexity index is 1780. The largest absolute Gasteiger partial charge is 0.456 e. The minimum absolute atomic E-state index is 0.141. The van der Waals surface area contributed by atoms with Crippen molar-refractivity contribution < 1.29 is 27.5 Å². The van der Waals surface area contributed by atoms with Gasteiger partial charge in [0, 0.05) is 78.5 Å². The van der Waals surface area contributed by atoms with Crippen LogP contribution in [0.25, 0.3) is 0 Å². The van der Waals surface area contributed by atoms with Crippen LogP contribution < -0.4 is 25.0 Å². The van der Waals surface area contributed by atoms with Crippen LogP contribution in [0.3, 0.4) is 0 Å². The van der Waals surface area contributed by atoms with Crippen LogP contribution >= 0.6 is 0 Å². The normalized spacial score (nSPS) is 13.9. The van der Waals surface area contributed by atoms with E-state index in [2.05, 4.69) is 31.0 Å². The number of primary amides is 1. The molecule has 0 atom stereocenters. The molecule has 0 fully saturated rings. The lowest BCUT2D eigenvalue weighted by molar-refractivity contribution is -0.122. The number of fused-ring (bicyclic) bond motifs is 6. The lowest BCUT2D eigenvalue weighted by atomic mass is 9.75. The third-order valence-electron chi connectivity index (χ3n) is 8.11. The molecule has 3 aromatic carbocycles. The van der Waals surface area contributed by atoms with Gasteiger partial charge in [-0.25, -0.2) is 4.31 Å². The zero-order chi connectivity index (χ0) is 34.5. The number of nitrogens with two attached hydrogens (primary N) is 1. The number of ether oxygens (including phenoxy) is 2. The average Bonchev–Trinajstić information content (AvgIpc) is 3.33. The van der Waals surface area contributed by atoms with Crippen LogP contribution in [0.1, 0.15) is 27.0 Å². The summed E-state index contributed by atoms with van der Waals surface area (Å²) < 4.78 is 43.9. The molecule has 0 bridgehead atoms. The molecule has 250 valence electrons. The number of hydrogen-bond acceptors (Lipinski definition) is 8. The Kier molecular flexibility index (Phi) is 10.2. The molecule has 2 heterocycles. The molecule has 0 saturated heterocycles. The van der Waals surface area contributed by atoms with Gasteiger partial charge in [0.05, 0.1) is 6.61 Å². The van der Waals surface area contributed by atoms with Crippen LogP contribution in [0, 0.1) is 0 Å². The maximum Gasteiger partial charge on any atom is 0.305 e. The van der Waals surface area contributed by atoms with Gasteiger partial charge < -0.3 is 25.0 Å². The molecule has 12 heteroatoms. The molecule has 2 aliphatic rings. The number of hydrogen-bond donors (Lipinski definition) is 2. The second-order valence-corrected chi connectivity index (χ2v) is 12.8. The van der Waals surface area contributed by atoms with E-state index in [0.717, 1.165) is 15.7 Å². The van der Waals surface area contributed by atoms with Crippen LogP contribution in [-0.4, -0.2) is 70.5 Å². The lowest BCUT2D eigenvalue weighted by Gasteiger charge is -2.43. The standard InChI is InChI=1S/C36H39N5O6S/c1-5-18-39(19-6-2)26-13-15-30-32(23-26)47-33-24-27(40(20-7-3)21-8-4)14-16-31(33)36(30)29-12-10-9-11-28(29)35(43)41(36)48(44,45)38-17-22-46-25-34(37)42/h5-16,23-24,38H,1-4,17-22,25H2,(H2,37,42). The fourth-order valence-corrected chi connectivity index (χ4v) is 7.72. The van der Waals surface area contributed by atoms with Crippen molar-refractivity contribution in [2.24, 2.45) is 5.73 Å². The van der Waals surface area contributed by atoms with Crippen molar-refractivity contribution in [3.05, 3.63) is 134 Å². The van der Waals surface area contributed by atoms with Crippen molar-refractivity contribution in [3.8, 4) is 11.5 Å². The molecular formula is C36H39N5O6S. The Morgan fingerprint density at radius 3 is 1.88 bits per heavy atom. The molecule has 0 saturated carbocycles. The van der Waals surface area contributed by atoms with Crippen LogP contribution in [0.2, 0.25) is 0 Å². The highest BCUT2D eigenvalue weighted by Gasteiger charge is 2.60. The molecule has 3 aromatic rings. The first-order chi connectivity index (χ1) is 23.1. The third-order valence-corrected chi connectivity index (χ3v) is 9.60. The van der Waals surface area contributed by atoms with Gasteiger partial charge in [-0.1, -0.05) is 54.6 Å². The van der Waals surface area contributed by atoms with E-state index in [0.29, 0.717) is 54.4 Å². The highest BCUT2D eigenvalue weighted by molar-refractivity contribution is 7.87. The number of benzene rings is 3. The molecule has 0 aliphatic carbocycles. The topological polar surface area (TPSA) is 135 Å². The average molecular weight is 670 g/mol. The van der Waals surface area contributed by atoms with Crippen molar-refractivity contribution in [2.45, 2.75) is 5.54 Å². The highest BCUT2D eigenvalue weighted by Crippen LogP contribution is 2.59. The molecule has 2 aliphatic heterocycles. The van der Waals surface area contributed by atoms with Crippen LogP contribution in [0.5, 0.6) is 11.5 Å². The molecule has 0 unspecified atom stereocenters. The van der Waals surface area contributed by atoms with Gasteiger partial charge in [0.15, 0.2) is 0 Å². The predicted molar refractivity (Wildman–Crippen MR) is 188 cm³/mol. The molecule has 48 heavy (non-hydrogen) atoms. The smallest absolute Gasteiger partial charge is 0.305 e. The lowest BCUT2D eigenvalue weighted by Crippen LogP contribution is -2.54. The van der Waals surface area contributed by atoms with E-state index in [1.54, 1.807) is 60.7 Å². The van der Waals surface area contributed by atoms with E-state index in [1.807, 2.05) is 34.1 Å². The zero-order valence-corrected chi connectivity index (χ0v) is 27.5. The summed E-state index contributed by atoms with van der Waals surface area (Å²) >= 11 is 0. The van der Waals surface area contributed by atoms with Gasteiger partial charge in [-0.3, -0.25) is 9.59 Å². The summed E-state index contributed by atoms with van der Waals surface area (Å²) in [5.41, 5.74) is 6.74. The molecule has 0 radical (unpaired) electrons. The monoisotopic (exact) mass is 669 g/mol. The van der Waals surface area contributed by atoms with Gasteiger partial charge in [-0.2, -0.15) is 13.1 Å². The van der Waals surface area contributed by atoms with E-state index < -0.39 is 27.6 Å². The van der Waals surface area contributed by atoms with Crippen LogP contribution in [-0.2, 0) is 25.3 Å². The van der Waals surface area contributed by atoms with Crippen molar-refractivity contribution in [3.63, 3.8) is 0 Å². The summed E-state index contributed by atoms with van der Waals surface area (Å²) in [7, 11) is -4.55. The Morgan fingerprint density at radius 2 is 1.38 bits per heavy atom. The minimum Gasteiger partial charge on any atom is -0.456 e. The first-order valence-corrected chi connectivity index (χ1v) is 16.8. The zero-order valence-electron chi connectivity index (χ0n) is 26.6. The number of rotatable bonds is 17. The Balaban J connectivity index is 1.76. The fraction of sp³-hybridized carbons (Fsp3) is 0.222. The van der Waals surface area contributed by atoms with Crippen LogP contribution in [0.15, 0.2) is 111 Å². The summed E-state index contributed by atoms with van der Waals surface area (Å²) in [5, 5.41) is 0. The van der Waals surface area contributed by atoms with Gasteiger partial charge in [0.25, 0.3) is 5.91 Å². The maximum atomic E-state index is 14.3. The number of carbonyl (C=O) groups excluding carboxylic acids is 2. The van der Waals surface area contributed by atoms with Crippen LogP contribution in [0.4, 0.5) is 11.4 Å². The number of nitrogens with one attached hydrogen (secondary N) is 1. The van der Waals surface area contributed by atoms with Crippen molar-refractivity contribution in [1.29, 1.82) is 0 Å². The molecule has 3 N–H and O–H groups in total. The fourth-order valence-electron chi connectivity index (χ4n) is 6.27. The van der Waals surface area contributed by atoms with Gasteiger partial charge in [0.2, 0.25) is 5.91 Å². The van der Waals surface area contributed by atoms with Gasteiger partial charge in [0.1, 0.15) is 23.6 Å².